The predicted molar refractivity (Wildman–Crippen MR) is 99.9 cm³/mol. The fourth-order valence-electron chi connectivity index (χ4n) is 2.53. The summed E-state index contributed by atoms with van der Waals surface area (Å²) in [5.74, 6) is 1.18. The van der Waals surface area contributed by atoms with Gasteiger partial charge in [-0.1, -0.05) is 12.1 Å². The van der Waals surface area contributed by atoms with Crippen LogP contribution in [-0.2, 0) is 6.42 Å². The Morgan fingerprint density at radius 2 is 1.81 bits per heavy atom. The van der Waals surface area contributed by atoms with Crippen molar-refractivity contribution in [1.29, 1.82) is 0 Å². The Morgan fingerprint density at radius 1 is 1.08 bits per heavy atom. The van der Waals surface area contributed by atoms with E-state index < -0.39 is 6.03 Å². The summed E-state index contributed by atoms with van der Waals surface area (Å²) in [6, 6.07) is 11.7. The number of carbonyl (C=O) groups excluding carboxylic acids is 2. The number of ether oxygens (including phenoxy) is 2. The molecule has 0 atom stereocenters. The molecule has 0 heterocycles. The number of benzene rings is 2. The summed E-state index contributed by atoms with van der Waals surface area (Å²) in [6.07, 6.45) is 0.668. The number of carbonyl (C=O) groups is 2. The highest BCUT2D eigenvalue weighted by Crippen LogP contribution is 2.27. The van der Waals surface area contributed by atoms with Gasteiger partial charge in [0.25, 0.3) is 5.91 Å². The Labute approximate surface area is 152 Å². The van der Waals surface area contributed by atoms with Crippen LogP contribution in [0.3, 0.4) is 0 Å². The molecule has 0 saturated carbocycles. The van der Waals surface area contributed by atoms with E-state index in [-0.39, 0.29) is 5.91 Å². The largest absolute Gasteiger partial charge is 0.493 e. The number of likely N-dealkylation sites (N-methyl/N-ethyl adjacent to an activating group) is 1. The minimum atomic E-state index is -0.670. The number of hydrogen-bond donors (Lipinski definition) is 2. The lowest BCUT2D eigenvalue weighted by Gasteiger charge is -2.18. The fraction of sp³-hybridized carbons (Fsp3) is 0.263. The van der Waals surface area contributed by atoms with Crippen molar-refractivity contribution in [2.24, 2.45) is 5.73 Å². The van der Waals surface area contributed by atoms with Crippen LogP contribution in [0.5, 0.6) is 11.5 Å². The maximum absolute atomic E-state index is 12.6. The number of hydrogen-bond acceptors (Lipinski definition) is 4. The molecular formula is C19H23N3O4. The molecule has 26 heavy (non-hydrogen) atoms. The van der Waals surface area contributed by atoms with Crippen LogP contribution in [0.2, 0.25) is 0 Å². The van der Waals surface area contributed by atoms with E-state index in [1.54, 1.807) is 50.4 Å². The highest BCUT2D eigenvalue weighted by atomic mass is 16.5. The third-order valence-electron chi connectivity index (χ3n) is 3.91. The van der Waals surface area contributed by atoms with Crippen LogP contribution in [0.1, 0.15) is 15.9 Å². The summed E-state index contributed by atoms with van der Waals surface area (Å²) in [5.41, 5.74) is 7.10. The zero-order chi connectivity index (χ0) is 19.1. The van der Waals surface area contributed by atoms with Crippen LogP contribution in [0.15, 0.2) is 42.5 Å². The van der Waals surface area contributed by atoms with Crippen molar-refractivity contribution in [3.8, 4) is 11.5 Å². The molecule has 0 bridgehead atoms. The van der Waals surface area contributed by atoms with Crippen molar-refractivity contribution in [3.05, 3.63) is 53.6 Å². The highest BCUT2D eigenvalue weighted by Gasteiger charge is 2.13. The summed E-state index contributed by atoms with van der Waals surface area (Å²) < 4.78 is 10.5. The molecule has 138 valence electrons. The van der Waals surface area contributed by atoms with Gasteiger partial charge in [0.15, 0.2) is 11.5 Å². The molecule has 7 heteroatoms. The van der Waals surface area contributed by atoms with Gasteiger partial charge in [-0.25, -0.2) is 4.79 Å². The van der Waals surface area contributed by atoms with Crippen molar-refractivity contribution < 1.29 is 19.1 Å². The van der Waals surface area contributed by atoms with Gasteiger partial charge in [-0.05, 0) is 42.3 Å². The van der Waals surface area contributed by atoms with Gasteiger partial charge in [0.1, 0.15) is 0 Å². The topological polar surface area (TPSA) is 93.9 Å². The lowest BCUT2D eigenvalue weighted by Crippen LogP contribution is -2.29. The average molecular weight is 357 g/mol. The first-order valence-electron chi connectivity index (χ1n) is 8.07. The standard InChI is InChI=1S/C19H23N3O4/c1-22(10-9-13-7-8-16(25-2)17(11-13)26-3)18(23)14-5-4-6-15(12-14)21-19(20)24/h4-8,11-12H,9-10H2,1-3H3,(H3,20,21,24). The molecule has 7 nitrogen and oxygen atoms in total. The van der Waals surface area contributed by atoms with Gasteiger partial charge in [-0.3, -0.25) is 4.79 Å². The van der Waals surface area contributed by atoms with E-state index in [1.807, 2.05) is 18.2 Å². The van der Waals surface area contributed by atoms with Crippen molar-refractivity contribution >= 4 is 17.6 Å². The van der Waals surface area contributed by atoms with Gasteiger partial charge in [0, 0.05) is 24.8 Å². The zero-order valence-corrected chi connectivity index (χ0v) is 15.1. The number of anilines is 1. The van der Waals surface area contributed by atoms with Crippen LogP contribution in [-0.4, -0.2) is 44.7 Å². The number of urea groups is 1. The quantitative estimate of drug-likeness (QED) is 0.796. The Morgan fingerprint density at radius 3 is 2.46 bits per heavy atom. The normalized spacial score (nSPS) is 10.1. The fourth-order valence-corrected chi connectivity index (χ4v) is 2.53. The summed E-state index contributed by atoms with van der Waals surface area (Å²) in [6.45, 7) is 0.530. The summed E-state index contributed by atoms with van der Waals surface area (Å²) >= 11 is 0. The molecule has 2 aromatic rings. The van der Waals surface area contributed by atoms with Crippen molar-refractivity contribution in [2.45, 2.75) is 6.42 Å². The van der Waals surface area contributed by atoms with E-state index in [1.165, 1.54) is 0 Å². The maximum Gasteiger partial charge on any atom is 0.316 e. The van der Waals surface area contributed by atoms with Crippen molar-refractivity contribution in [2.75, 3.05) is 33.1 Å². The molecule has 0 aliphatic carbocycles. The molecule has 0 aliphatic heterocycles. The molecule has 2 rings (SSSR count). The molecule has 3 amide bonds. The lowest BCUT2D eigenvalue weighted by atomic mass is 10.1. The third-order valence-corrected chi connectivity index (χ3v) is 3.91. The second-order valence-corrected chi connectivity index (χ2v) is 5.74. The Balaban J connectivity index is 2.02. The van der Waals surface area contributed by atoms with Crippen LogP contribution in [0, 0.1) is 0 Å². The number of nitrogens with one attached hydrogen (secondary N) is 1. The first-order valence-corrected chi connectivity index (χ1v) is 8.07. The van der Waals surface area contributed by atoms with Gasteiger partial charge >= 0.3 is 6.03 Å². The van der Waals surface area contributed by atoms with Crippen LogP contribution in [0.4, 0.5) is 10.5 Å². The van der Waals surface area contributed by atoms with Crippen LogP contribution >= 0.6 is 0 Å². The third kappa shape index (κ3) is 4.89. The molecule has 3 N–H and O–H groups in total. The average Bonchev–Trinajstić information content (AvgIpc) is 2.64. The number of methoxy groups -OCH3 is 2. The van der Waals surface area contributed by atoms with Gasteiger partial charge in [0.2, 0.25) is 0 Å². The molecule has 2 aromatic carbocycles. The number of rotatable bonds is 7. The number of primary amides is 1. The molecule has 0 aliphatic rings. The van der Waals surface area contributed by atoms with Crippen LogP contribution in [0.25, 0.3) is 0 Å². The Bertz CT molecular complexity index is 792. The van der Waals surface area contributed by atoms with Gasteiger partial charge in [-0.2, -0.15) is 0 Å². The lowest BCUT2D eigenvalue weighted by molar-refractivity contribution is 0.0796. The predicted octanol–water partition coefficient (Wildman–Crippen LogP) is 2.51. The molecule has 0 unspecified atom stereocenters. The maximum atomic E-state index is 12.6. The van der Waals surface area contributed by atoms with Gasteiger partial charge in [0.05, 0.1) is 14.2 Å². The van der Waals surface area contributed by atoms with E-state index in [0.29, 0.717) is 35.7 Å². The Kier molecular flexibility index (Phi) is 6.43. The molecular weight excluding hydrogens is 334 g/mol. The van der Waals surface area contributed by atoms with Crippen LogP contribution < -0.4 is 20.5 Å². The molecule has 0 aromatic heterocycles. The number of amides is 3. The van der Waals surface area contributed by atoms with Crippen molar-refractivity contribution in [3.63, 3.8) is 0 Å². The second kappa shape index (κ2) is 8.75. The SMILES string of the molecule is COc1ccc(CCN(C)C(=O)c2cccc(NC(N)=O)c2)cc1OC. The van der Waals surface area contributed by atoms with E-state index in [2.05, 4.69) is 5.32 Å². The number of nitrogens with zero attached hydrogens (tertiary/aromatic N) is 1. The summed E-state index contributed by atoms with van der Waals surface area (Å²) in [7, 11) is 4.91. The van der Waals surface area contributed by atoms with E-state index >= 15 is 0 Å². The molecule has 0 radical (unpaired) electrons. The minimum Gasteiger partial charge on any atom is -0.493 e. The second-order valence-electron chi connectivity index (χ2n) is 5.74. The molecule has 0 fully saturated rings. The Hall–Kier alpha value is -3.22. The van der Waals surface area contributed by atoms with E-state index in [4.69, 9.17) is 15.2 Å². The van der Waals surface area contributed by atoms with E-state index in [0.717, 1.165) is 5.56 Å². The van der Waals surface area contributed by atoms with Gasteiger partial charge in [-0.15, -0.1) is 0 Å². The summed E-state index contributed by atoms with van der Waals surface area (Å²) in [4.78, 5) is 25.1. The monoisotopic (exact) mass is 357 g/mol. The summed E-state index contributed by atoms with van der Waals surface area (Å²) in [5, 5.41) is 2.46. The minimum absolute atomic E-state index is 0.140. The van der Waals surface area contributed by atoms with Gasteiger partial charge < -0.3 is 25.4 Å². The smallest absolute Gasteiger partial charge is 0.316 e. The zero-order valence-electron chi connectivity index (χ0n) is 15.1. The first-order chi connectivity index (χ1) is 12.4. The number of nitrogens with two attached hydrogens (primary N) is 1. The molecule has 0 spiro atoms. The molecule has 0 saturated heterocycles. The first kappa shape index (κ1) is 19.1. The highest BCUT2D eigenvalue weighted by molar-refractivity contribution is 5.96. The van der Waals surface area contributed by atoms with E-state index in [9.17, 15) is 9.59 Å². The van der Waals surface area contributed by atoms with Crippen molar-refractivity contribution in [1.82, 2.24) is 4.90 Å².